The van der Waals surface area contributed by atoms with E-state index in [0.29, 0.717) is 13.1 Å². The molecule has 2 aromatic rings. The summed E-state index contributed by atoms with van der Waals surface area (Å²) >= 11 is 0. The highest BCUT2D eigenvalue weighted by Crippen LogP contribution is 2.27. The second kappa shape index (κ2) is 8.09. The maximum atomic E-state index is 12.6. The molecular formula is C24H24N2O. The summed E-state index contributed by atoms with van der Waals surface area (Å²) in [7, 11) is 0. The average molecular weight is 356 g/mol. The van der Waals surface area contributed by atoms with Gasteiger partial charge in [0.1, 0.15) is 0 Å². The van der Waals surface area contributed by atoms with Gasteiger partial charge in [-0.2, -0.15) is 0 Å². The topological polar surface area (TPSA) is 32.3 Å². The highest BCUT2D eigenvalue weighted by Gasteiger charge is 2.21. The minimum atomic E-state index is 0.0657. The summed E-state index contributed by atoms with van der Waals surface area (Å²) < 4.78 is 0. The Kier molecular flexibility index (Phi) is 5.20. The number of carbonyl (C=O) groups is 1. The third kappa shape index (κ3) is 4.20. The number of benzene rings is 2. The summed E-state index contributed by atoms with van der Waals surface area (Å²) in [5.74, 6) is 0.221. The van der Waals surface area contributed by atoms with Crippen LogP contribution in [0.1, 0.15) is 23.5 Å². The first-order chi connectivity index (χ1) is 13.3. The van der Waals surface area contributed by atoms with Gasteiger partial charge in [-0.1, -0.05) is 78.9 Å². The molecule has 2 aliphatic rings. The SMILES string of the molecule is O=C(CN1C=C2CC=CC=C2C1)NCC(c1ccccc1)c1ccccc1. The van der Waals surface area contributed by atoms with Crippen molar-refractivity contribution in [2.45, 2.75) is 12.3 Å². The molecule has 1 aliphatic carbocycles. The van der Waals surface area contributed by atoms with Gasteiger partial charge in [0.25, 0.3) is 0 Å². The molecule has 1 amide bonds. The van der Waals surface area contributed by atoms with Crippen LogP contribution in [-0.2, 0) is 4.79 Å². The quantitative estimate of drug-likeness (QED) is 0.848. The molecule has 0 saturated heterocycles. The molecule has 1 heterocycles. The Balaban J connectivity index is 1.39. The Hall–Kier alpha value is -3.07. The minimum Gasteiger partial charge on any atom is -0.364 e. The van der Waals surface area contributed by atoms with Crippen molar-refractivity contribution in [3.8, 4) is 0 Å². The van der Waals surface area contributed by atoms with Crippen molar-refractivity contribution in [3.05, 3.63) is 107 Å². The molecular weight excluding hydrogens is 332 g/mol. The van der Waals surface area contributed by atoms with E-state index in [1.165, 1.54) is 22.3 Å². The number of fused-ring (bicyclic) bond motifs is 1. The van der Waals surface area contributed by atoms with Gasteiger partial charge < -0.3 is 10.2 Å². The van der Waals surface area contributed by atoms with E-state index in [1.807, 2.05) is 36.4 Å². The zero-order chi connectivity index (χ0) is 18.5. The monoisotopic (exact) mass is 356 g/mol. The van der Waals surface area contributed by atoms with Crippen LogP contribution in [0.15, 0.2) is 96.2 Å². The Labute approximate surface area is 160 Å². The molecule has 0 radical (unpaired) electrons. The molecule has 0 fully saturated rings. The van der Waals surface area contributed by atoms with Crippen molar-refractivity contribution >= 4 is 5.91 Å². The van der Waals surface area contributed by atoms with Crippen molar-refractivity contribution in [3.63, 3.8) is 0 Å². The van der Waals surface area contributed by atoms with Crippen LogP contribution in [0.4, 0.5) is 0 Å². The van der Waals surface area contributed by atoms with Crippen molar-refractivity contribution in [1.29, 1.82) is 0 Å². The molecule has 1 N–H and O–H groups in total. The van der Waals surface area contributed by atoms with Gasteiger partial charge in [0, 0.05) is 25.2 Å². The van der Waals surface area contributed by atoms with Crippen LogP contribution < -0.4 is 5.32 Å². The van der Waals surface area contributed by atoms with Crippen LogP contribution in [0.25, 0.3) is 0 Å². The molecule has 0 atom stereocenters. The Morgan fingerprint density at radius 1 is 0.963 bits per heavy atom. The fourth-order valence-corrected chi connectivity index (χ4v) is 3.75. The van der Waals surface area contributed by atoms with Gasteiger partial charge in [0.2, 0.25) is 5.91 Å². The minimum absolute atomic E-state index is 0.0657. The largest absolute Gasteiger partial charge is 0.364 e. The molecule has 0 spiro atoms. The summed E-state index contributed by atoms with van der Waals surface area (Å²) in [5, 5.41) is 3.14. The predicted octanol–water partition coefficient (Wildman–Crippen LogP) is 4.02. The smallest absolute Gasteiger partial charge is 0.239 e. The number of amides is 1. The van der Waals surface area contributed by atoms with Gasteiger partial charge in [-0.25, -0.2) is 0 Å². The third-order valence-corrected chi connectivity index (χ3v) is 5.15. The lowest BCUT2D eigenvalue weighted by molar-refractivity contribution is -0.121. The van der Waals surface area contributed by atoms with Crippen molar-refractivity contribution in [2.24, 2.45) is 0 Å². The van der Waals surface area contributed by atoms with Crippen LogP contribution in [0.3, 0.4) is 0 Å². The highest BCUT2D eigenvalue weighted by atomic mass is 16.2. The van der Waals surface area contributed by atoms with Crippen molar-refractivity contribution < 1.29 is 4.79 Å². The molecule has 4 rings (SSSR count). The molecule has 2 aromatic carbocycles. The molecule has 136 valence electrons. The van der Waals surface area contributed by atoms with E-state index >= 15 is 0 Å². The van der Waals surface area contributed by atoms with Gasteiger partial charge in [0.15, 0.2) is 0 Å². The summed E-state index contributed by atoms with van der Waals surface area (Å²) in [4.78, 5) is 14.7. The predicted molar refractivity (Wildman–Crippen MR) is 109 cm³/mol. The van der Waals surface area contributed by atoms with Gasteiger partial charge in [-0.15, -0.1) is 0 Å². The maximum Gasteiger partial charge on any atom is 0.239 e. The zero-order valence-corrected chi connectivity index (χ0v) is 15.3. The number of allylic oxidation sites excluding steroid dienone is 3. The highest BCUT2D eigenvalue weighted by molar-refractivity contribution is 5.78. The lowest BCUT2D eigenvalue weighted by Crippen LogP contribution is -2.36. The lowest BCUT2D eigenvalue weighted by Gasteiger charge is -2.20. The van der Waals surface area contributed by atoms with Crippen molar-refractivity contribution in [1.82, 2.24) is 10.2 Å². The molecule has 0 bridgehead atoms. The summed E-state index contributed by atoms with van der Waals surface area (Å²) in [6.07, 6.45) is 9.49. The summed E-state index contributed by atoms with van der Waals surface area (Å²) in [5.41, 5.74) is 5.09. The zero-order valence-electron chi connectivity index (χ0n) is 15.3. The van der Waals surface area contributed by atoms with E-state index in [4.69, 9.17) is 0 Å². The molecule has 0 aromatic heterocycles. The molecule has 0 unspecified atom stereocenters. The van der Waals surface area contributed by atoms with Crippen LogP contribution in [0, 0.1) is 0 Å². The standard InChI is InChI=1S/C24H24N2O/c27-24(18-26-16-21-13-7-8-14-22(21)17-26)25-15-23(19-9-3-1-4-10-19)20-11-5-2-6-12-20/h1-13,17,23H,14-16,18H2,(H,25,27). The summed E-state index contributed by atoms with van der Waals surface area (Å²) in [6.45, 7) is 1.83. The molecule has 1 aliphatic heterocycles. The third-order valence-electron chi connectivity index (χ3n) is 5.15. The number of nitrogens with one attached hydrogen (secondary N) is 1. The average Bonchev–Trinajstić information content (AvgIpc) is 3.12. The summed E-state index contributed by atoms with van der Waals surface area (Å²) in [6, 6.07) is 20.7. The lowest BCUT2D eigenvalue weighted by atomic mass is 9.91. The Morgan fingerprint density at radius 2 is 1.63 bits per heavy atom. The number of rotatable bonds is 6. The second-order valence-corrected chi connectivity index (χ2v) is 7.06. The van der Waals surface area contributed by atoms with Crippen molar-refractivity contribution in [2.75, 3.05) is 19.6 Å². The van der Waals surface area contributed by atoms with E-state index in [2.05, 4.69) is 58.9 Å². The Morgan fingerprint density at radius 3 is 2.26 bits per heavy atom. The molecule has 3 heteroatoms. The van der Waals surface area contributed by atoms with E-state index in [1.54, 1.807) is 0 Å². The molecule has 3 nitrogen and oxygen atoms in total. The first kappa shape index (κ1) is 17.3. The van der Waals surface area contributed by atoms with Crippen LogP contribution in [-0.4, -0.2) is 30.4 Å². The molecule has 27 heavy (non-hydrogen) atoms. The second-order valence-electron chi connectivity index (χ2n) is 7.06. The first-order valence-electron chi connectivity index (χ1n) is 9.47. The number of carbonyl (C=O) groups excluding carboxylic acids is 1. The van der Waals surface area contributed by atoms with Crippen LogP contribution in [0.5, 0.6) is 0 Å². The van der Waals surface area contributed by atoms with E-state index < -0.39 is 0 Å². The molecule has 0 saturated carbocycles. The number of hydrogen-bond donors (Lipinski definition) is 1. The van der Waals surface area contributed by atoms with E-state index in [-0.39, 0.29) is 11.8 Å². The first-order valence-corrected chi connectivity index (χ1v) is 9.47. The Bertz CT molecular complexity index is 842. The normalized spacial score (nSPS) is 15.4. The van der Waals surface area contributed by atoms with Gasteiger partial charge in [-0.3, -0.25) is 4.79 Å². The van der Waals surface area contributed by atoms with Crippen LogP contribution >= 0.6 is 0 Å². The number of nitrogens with zero attached hydrogens (tertiary/aromatic N) is 1. The van der Waals surface area contributed by atoms with Gasteiger partial charge >= 0.3 is 0 Å². The maximum absolute atomic E-state index is 12.6. The van der Waals surface area contributed by atoms with Crippen LogP contribution in [0.2, 0.25) is 0 Å². The van der Waals surface area contributed by atoms with E-state index in [9.17, 15) is 4.79 Å². The van der Waals surface area contributed by atoms with Gasteiger partial charge in [-0.05, 0) is 28.7 Å². The number of hydrogen-bond acceptors (Lipinski definition) is 2. The van der Waals surface area contributed by atoms with E-state index in [0.717, 1.165) is 13.0 Å². The fraction of sp³-hybridized carbons (Fsp3) is 0.208. The fourth-order valence-electron chi connectivity index (χ4n) is 3.75. The van der Waals surface area contributed by atoms with Gasteiger partial charge in [0.05, 0.1) is 6.54 Å².